The monoisotopic (exact) mass is 238 g/mol. The Balaban J connectivity index is 2.95. The molecule has 1 N–H and O–H groups in total. The lowest BCUT2D eigenvalue weighted by atomic mass is 10.1. The van der Waals surface area contributed by atoms with Gasteiger partial charge in [-0.15, -0.1) is 0 Å². The number of rotatable bonds is 2. The number of benzene rings is 1. The zero-order valence-corrected chi connectivity index (χ0v) is 9.88. The average molecular weight is 238 g/mol. The van der Waals surface area contributed by atoms with Crippen molar-refractivity contribution in [1.29, 1.82) is 0 Å². The lowest BCUT2D eigenvalue weighted by Crippen LogP contribution is -2.43. The van der Waals surface area contributed by atoms with Crippen molar-refractivity contribution in [3.63, 3.8) is 0 Å². The molecule has 17 heavy (non-hydrogen) atoms. The second-order valence-electron chi connectivity index (χ2n) is 4.59. The van der Waals surface area contributed by atoms with E-state index < -0.39 is 16.4 Å². The number of non-ortho nitro benzene ring substituents is 1. The number of hydroxylamine groups is 2. The molecule has 0 atom stereocenters. The zero-order valence-electron chi connectivity index (χ0n) is 9.88. The summed E-state index contributed by atoms with van der Waals surface area (Å²) < 4.78 is 0. The molecule has 6 heteroatoms. The van der Waals surface area contributed by atoms with Gasteiger partial charge < -0.3 is 0 Å². The number of hydrogen-bond donors (Lipinski definition) is 1. The topological polar surface area (TPSA) is 83.7 Å². The van der Waals surface area contributed by atoms with Crippen LogP contribution in [-0.4, -0.2) is 26.6 Å². The maximum absolute atomic E-state index is 11.8. The van der Waals surface area contributed by atoms with Crippen LogP contribution in [0.4, 0.5) is 5.69 Å². The van der Waals surface area contributed by atoms with E-state index in [0.29, 0.717) is 5.06 Å². The fourth-order valence-electron chi connectivity index (χ4n) is 1.15. The van der Waals surface area contributed by atoms with Gasteiger partial charge in [-0.3, -0.25) is 20.1 Å². The fourth-order valence-corrected chi connectivity index (χ4v) is 1.15. The summed E-state index contributed by atoms with van der Waals surface area (Å²) in [6.45, 7) is 5.03. The molecule has 0 heterocycles. The van der Waals surface area contributed by atoms with Crippen molar-refractivity contribution in [1.82, 2.24) is 5.06 Å². The maximum atomic E-state index is 11.8. The molecule has 6 nitrogen and oxygen atoms in total. The van der Waals surface area contributed by atoms with Gasteiger partial charge in [0.15, 0.2) is 0 Å². The predicted molar refractivity (Wildman–Crippen MR) is 60.8 cm³/mol. The van der Waals surface area contributed by atoms with Crippen molar-refractivity contribution in [2.24, 2.45) is 0 Å². The summed E-state index contributed by atoms with van der Waals surface area (Å²) in [5.41, 5.74) is -0.617. The van der Waals surface area contributed by atoms with Crippen LogP contribution in [0.25, 0.3) is 0 Å². The number of hydrogen-bond acceptors (Lipinski definition) is 4. The van der Waals surface area contributed by atoms with Crippen LogP contribution in [0.3, 0.4) is 0 Å². The van der Waals surface area contributed by atoms with Crippen LogP contribution in [0.1, 0.15) is 31.1 Å². The van der Waals surface area contributed by atoms with Gasteiger partial charge in [-0.25, -0.2) is 5.06 Å². The van der Waals surface area contributed by atoms with E-state index in [-0.39, 0.29) is 11.3 Å². The average Bonchev–Trinajstić information content (AvgIpc) is 2.26. The standard InChI is InChI=1S/C11H14N2O4/c1-11(2,3)12(15)10(14)8-4-6-9(7-5-8)13(16)17/h4-7,15H,1-3H3. The molecular formula is C11H14N2O4. The minimum atomic E-state index is -0.723. The van der Waals surface area contributed by atoms with Crippen LogP contribution >= 0.6 is 0 Å². The molecule has 0 spiro atoms. The molecule has 0 aliphatic heterocycles. The Kier molecular flexibility index (Phi) is 3.47. The van der Waals surface area contributed by atoms with E-state index in [2.05, 4.69) is 0 Å². The highest BCUT2D eigenvalue weighted by atomic mass is 16.6. The van der Waals surface area contributed by atoms with Crippen molar-refractivity contribution in [2.45, 2.75) is 26.3 Å². The summed E-state index contributed by atoms with van der Waals surface area (Å²) in [4.78, 5) is 21.7. The second kappa shape index (κ2) is 4.50. The number of nitro benzene ring substituents is 1. The number of nitrogens with zero attached hydrogens (tertiary/aromatic N) is 2. The Morgan fingerprint density at radius 1 is 1.29 bits per heavy atom. The Bertz CT molecular complexity index is 434. The van der Waals surface area contributed by atoms with Gasteiger partial charge in [-0.05, 0) is 32.9 Å². The van der Waals surface area contributed by atoms with Crippen molar-refractivity contribution >= 4 is 11.6 Å². The molecular weight excluding hydrogens is 224 g/mol. The first-order chi connectivity index (χ1) is 7.73. The lowest BCUT2D eigenvalue weighted by Gasteiger charge is -2.29. The third-order valence-corrected chi connectivity index (χ3v) is 2.15. The van der Waals surface area contributed by atoms with Gasteiger partial charge in [0, 0.05) is 17.7 Å². The van der Waals surface area contributed by atoms with Crippen LogP contribution in [-0.2, 0) is 0 Å². The van der Waals surface area contributed by atoms with Gasteiger partial charge in [0.05, 0.1) is 10.5 Å². The first kappa shape index (κ1) is 13.1. The molecule has 0 saturated heterocycles. The first-order valence-corrected chi connectivity index (χ1v) is 5.01. The van der Waals surface area contributed by atoms with Crippen molar-refractivity contribution in [2.75, 3.05) is 0 Å². The summed E-state index contributed by atoms with van der Waals surface area (Å²) in [5, 5.41) is 20.7. The van der Waals surface area contributed by atoms with E-state index in [9.17, 15) is 20.1 Å². The molecule has 0 aliphatic rings. The highest BCUT2D eigenvalue weighted by molar-refractivity contribution is 5.94. The number of carbonyl (C=O) groups excluding carboxylic acids is 1. The number of amides is 1. The molecule has 0 bridgehead atoms. The van der Waals surface area contributed by atoms with E-state index in [4.69, 9.17) is 0 Å². The molecule has 1 amide bonds. The number of nitro groups is 1. The van der Waals surface area contributed by atoms with Gasteiger partial charge in [-0.2, -0.15) is 0 Å². The molecule has 1 rings (SSSR count). The molecule has 0 fully saturated rings. The van der Waals surface area contributed by atoms with E-state index in [1.165, 1.54) is 24.3 Å². The molecule has 0 aliphatic carbocycles. The van der Waals surface area contributed by atoms with E-state index >= 15 is 0 Å². The van der Waals surface area contributed by atoms with Crippen LogP contribution in [0.2, 0.25) is 0 Å². The van der Waals surface area contributed by atoms with Crippen LogP contribution < -0.4 is 0 Å². The zero-order chi connectivity index (χ0) is 13.2. The lowest BCUT2D eigenvalue weighted by molar-refractivity contribution is -0.384. The molecule has 0 aromatic heterocycles. The highest BCUT2D eigenvalue weighted by Crippen LogP contribution is 2.17. The summed E-state index contributed by atoms with van der Waals surface area (Å²) in [5.74, 6) is -0.590. The van der Waals surface area contributed by atoms with Crippen LogP contribution in [0, 0.1) is 10.1 Å². The molecule has 0 saturated carbocycles. The van der Waals surface area contributed by atoms with Crippen LogP contribution in [0.15, 0.2) is 24.3 Å². The number of carbonyl (C=O) groups is 1. The van der Waals surface area contributed by atoms with Crippen LogP contribution in [0.5, 0.6) is 0 Å². The summed E-state index contributed by atoms with van der Waals surface area (Å²) in [7, 11) is 0. The minimum absolute atomic E-state index is 0.0956. The normalized spacial score (nSPS) is 11.1. The third kappa shape index (κ3) is 3.01. The fraction of sp³-hybridized carbons (Fsp3) is 0.364. The third-order valence-electron chi connectivity index (χ3n) is 2.15. The summed E-state index contributed by atoms with van der Waals surface area (Å²) in [6.07, 6.45) is 0. The molecule has 1 aromatic rings. The van der Waals surface area contributed by atoms with Gasteiger partial charge in [0.25, 0.3) is 11.6 Å². The summed E-state index contributed by atoms with van der Waals surface area (Å²) in [6, 6.07) is 5.08. The first-order valence-electron chi connectivity index (χ1n) is 5.01. The molecule has 1 aromatic carbocycles. The molecule has 0 radical (unpaired) electrons. The largest absolute Gasteiger partial charge is 0.285 e. The highest BCUT2D eigenvalue weighted by Gasteiger charge is 2.26. The quantitative estimate of drug-likeness (QED) is 0.486. The Labute approximate surface area is 98.6 Å². The summed E-state index contributed by atoms with van der Waals surface area (Å²) >= 11 is 0. The Morgan fingerprint density at radius 3 is 2.12 bits per heavy atom. The Hall–Kier alpha value is -1.95. The van der Waals surface area contributed by atoms with E-state index in [1.54, 1.807) is 20.8 Å². The van der Waals surface area contributed by atoms with Crippen molar-refractivity contribution < 1.29 is 14.9 Å². The molecule has 92 valence electrons. The minimum Gasteiger partial charge on any atom is -0.285 e. The second-order valence-corrected chi connectivity index (χ2v) is 4.59. The van der Waals surface area contributed by atoms with Gasteiger partial charge in [0.2, 0.25) is 0 Å². The maximum Gasteiger partial charge on any atom is 0.277 e. The van der Waals surface area contributed by atoms with E-state index in [1.807, 2.05) is 0 Å². The van der Waals surface area contributed by atoms with Crippen molar-refractivity contribution in [3.05, 3.63) is 39.9 Å². The van der Waals surface area contributed by atoms with Gasteiger partial charge >= 0.3 is 0 Å². The SMILES string of the molecule is CC(C)(C)N(O)C(=O)c1ccc([N+](=O)[O-])cc1. The van der Waals surface area contributed by atoms with E-state index in [0.717, 1.165) is 0 Å². The predicted octanol–water partition coefficient (Wildman–Crippen LogP) is 2.22. The molecule has 0 unspecified atom stereocenters. The Morgan fingerprint density at radius 2 is 1.76 bits per heavy atom. The smallest absolute Gasteiger partial charge is 0.277 e. The van der Waals surface area contributed by atoms with Gasteiger partial charge in [-0.1, -0.05) is 0 Å². The van der Waals surface area contributed by atoms with Crippen molar-refractivity contribution in [3.8, 4) is 0 Å². The van der Waals surface area contributed by atoms with Gasteiger partial charge in [0.1, 0.15) is 0 Å².